The number of anilines is 2. The molecule has 6 nitrogen and oxygen atoms in total. The van der Waals surface area contributed by atoms with Gasteiger partial charge in [0.1, 0.15) is 17.1 Å². The summed E-state index contributed by atoms with van der Waals surface area (Å²) in [6.45, 7) is 4.36. The van der Waals surface area contributed by atoms with Crippen LogP contribution in [0.2, 0.25) is 0 Å². The first-order valence-corrected chi connectivity index (χ1v) is 10.9. The number of thiazole rings is 1. The number of rotatable bonds is 4. The number of fused-ring (bicyclic) bond motifs is 1. The maximum Gasteiger partial charge on any atom is 0.229 e. The Bertz CT molecular complexity index is 1070. The van der Waals surface area contributed by atoms with E-state index in [2.05, 4.69) is 20.9 Å². The SMILES string of the molecule is COc1cccc(N2CCN(C(=O)C3CN(c4nc5c(F)cccc5s4)C3)CC2)c1. The van der Waals surface area contributed by atoms with Gasteiger partial charge in [-0.2, -0.15) is 0 Å². The fourth-order valence-corrected chi connectivity index (χ4v) is 5.08. The Labute approximate surface area is 178 Å². The molecule has 2 aliphatic heterocycles. The number of methoxy groups -OCH3 is 1. The van der Waals surface area contributed by atoms with Crippen LogP contribution in [-0.2, 0) is 4.79 Å². The monoisotopic (exact) mass is 426 g/mol. The number of amides is 1. The van der Waals surface area contributed by atoms with Crippen LogP contribution in [0.15, 0.2) is 42.5 Å². The van der Waals surface area contributed by atoms with E-state index in [1.807, 2.05) is 29.2 Å². The van der Waals surface area contributed by atoms with Gasteiger partial charge in [0.05, 0.1) is 17.7 Å². The molecular weight excluding hydrogens is 403 g/mol. The van der Waals surface area contributed by atoms with Crippen LogP contribution in [0.3, 0.4) is 0 Å². The molecule has 0 aliphatic carbocycles. The number of piperazine rings is 1. The van der Waals surface area contributed by atoms with Crippen molar-refractivity contribution in [1.82, 2.24) is 9.88 Å². The van der Waals surface area contributed by atoms with Crippen molar-refractivity contribution in [2.45, 2.75) is 0 Å². The third-order valence-electron chi connectivity index (χ3n) is 5.87. The molecule has 8 heteroatoms. The zero-order chi connectivity index (χ0) is 20.7. The molecule has 1 amide bonds. The van der Waals surface area contributed by atoms with Crippen molar-refractivity contribution in [1.29, 1.82) is 0 Å². The number of aromatic nitrogens is 1. The summed E-state index contributed by atoms with van der Waals surface area (Å²) in [5.74, 6) is 0.751. The number of halogens is 1. The zero-order valence-corrected chi connectivity index (χ0v) is 17.6. The highest BCUT2D eigenvalue weighted by molar-refractivity contribution is 7.22. The third kappa shape index (κ3) is 3.45. The number of carbonyl (C=O) groups is 1. The topological polar surface area (TPSA) is 48.9 Å². The highest BCUT2D eigenvalue weighted by atomic mass is 32.1. The molecule has 0 N–H and O–H groups in total. The molecule has 2 aromatic carbocycles. The van der Waals surface area contributed by atoms with Gasteiger partial charge in [0.25, 0.3) is 0 Å². The lowest BCUT2D eigenvalue weighted by Crippen LogP contribution is -2.58. The second kappa shape index (κ2) is 7.75. The van der Waals surface area contributed by atoms with Crippen LogP contribution in [0.4, 0.5) is 15.2 Å². The molecule has 0 radical (unpaired) electrons. The lowest BCUT2D eigenvalue weighted by atomic mass is 9.99. The maximum atomic E-state index is 13.9. The molecule has 0 bridgehead atoms. The van der Waals surface area contributed by atoms with Crippen molar-refractivity contribution in [2.24, 2.45) is 5.92 Å². The smallest absolute Gasteiger partial charge is 0.229 e. The van der Waals surface area contributed by atoms with E-state index in [4.69, 9.17) is 4.74 Å². The number of ether oxygens (including phenoxy) is 1. The summed E-state index contributed by atoms with van der Waals surface area (Å²) in [5, 5.41) is 0.794. The third-order valence-corrected chi connectivity index (χ3v) is 6.95. The number of hydrogen-bond donors (Lipinski definition) is 0. The summed E-state index contributed by atoms with van der Waals surface area (Å²) in [7, 11) is 1.67. The first-order valence-electron chi connectivity index (χ1n) is 10.1. The Morgan fingerprint density at radius 2 is 1.87 bits per heavy atom. The van der Waals surface area contributed by atoms with Crippen LogP contribution in [-0.4, -0.2) is 62.2 Å². The van der Waals surface area contributed by atoms with Gasteiger partial charge < -0.3 is 19.4 Å². The van der Waals surface area contributed by atoms with Gasteiger partial charge in [-0.05, 0) is 24.3 Å². The molecule has 3 aromatic rings. The van der Waals surface area contributed by atoms with Crippen molar-refractivity contribution in [2.75, 3.05) is 56.2 Å². The predicted octanol–water partition coefficient (Wildman–Crippen LogP) is 3.23. The Balaban J connectivity index is 1.16. The molecule has 0 atom stereocenters. The summed E-state index contributed by atoms with van der Waals surface area (Å²) in [4.78, 5) is 23.7. The number of hydrogen-bond acceptors (Lipinski definition) is 6. The first kappa shape index (κ1) is 19.1. The summed E-state index contributed by atoms with van der Waals surface area (Å²) >= 11 is 1.48. The quantitative estimate of drug-likeness (QED) is 0.641. The maximum absolute atomic E-state index is 13.9. The molecule has 2 fully saturated rings. The molecule has 3 heterocycles. The van der Waals surface area contributed by atoms with Crippen molar-refractivity contribution in [3.63, 3.8) is 0 Å². The van der Waals surface area contributed by atoms with Gasteiger partial charge in [-0.1, -0.05) is 23.5 Å². The van der Waals surface area contributed by atoms with Crippen molar-refractivity contribution >= 4 is 38.3 Å². The minimum absolute atomic E-state index is 0.00905. The second-order valence-corrected chi connectivity index (χ2v) is 8.71. The lowest BCUT2D eigenvalue weighted by molar-refractivity contribution is -0.136. The Morgan fingerprint density at radius 3 is 2.60 bits per heavy atom. The molecule has 2 aliphatic rings. The van der Waals surface area contributed by atoms with Crippen molar-refractivity contribution < 1.29 is 13.9 Å². The van der Waals surface area contributed by atoms with Crippen LogP contribution in [0.5, 0.6) is 5.75 Å². The molecule has 2 saturated heterocycles. The molecule has 0 spiro atoms. The van der Waals surface area contributed by atoms with E-state index in [-0.39, 0.29) is 17.6 Å². The fraction of sp³-hybridized carbons (Fsp3) is 0.364. The van der Waals surface area contributed by atoms with E-state index in [0.29, 0.717) is 18.6 Å². The molecular formula is C22H23FN4O2S. The molecule has 156 valence electrons. The summed E-state index contributed by atoms with van der Waals surface area (Å²) in [5.41, 5.74) is 1.54. The van der Waals surface area contributed by atoms with Gasteiger partial charge in [0, 0.05) is 51.0 Å². The highest BCUT2D eigenvalue weighted by Gasteiger charge is 2.37. The molecule has 30 heavy (non-hydrogen) atoms. The van der Waals surface area contributed by atoms with Crippen LogP contribution in [0.25, 0.3) is 10.2 Å². The average Bonchev–Trinajstić information content (AvgIpc) is 3.18. The van der Waals surface area contributed by atoms with Gasteiger partial charge in [-0.3, -0.25) is 4.79 Å². The summed E-state index contributed by atoms with van der Waals surface area (Å²) in [6.07, 6.45) is 0. The second-order valence-electron chi connectivity index (χ2n) is 7.70. The van der Waals surface area contributed by atoms with E-state index in [1.54, 1.807) is 13.2 Å². The summed E-state index contributed by atoms with van der Waals surface area (Å²) in [6, 6.07) is 13.0. The number of nitrogens with zero attached hydrogens (tertiary/aromatic N) is 4. The van der Waals surface area contributed by atoms with Crippen LogP contribution < -0.4 is 14.5 Å². The standard InChI is InChI=1S/C22H23FN4O2S/c1-29-17-5-2-4-16(12-17)25-8-10-26(11-9-25)21(28)15-13-27(14-15)22-24-20-18(23)6-3-7-19(20)30-22/h2-7,12,15H,8-11,13-14H2,1H3. The Hall–Kier alpha value is -2.87. The van der Waals surface area contributed by atoms with Crippen LogP contribution >= 0.6 is 11.3 Å². The first-order chi connectivity index (χ1) is 14.6. The van der Waals surface area contributed by atoms with Crippen LogP contribution in [0.1, 0.15) is 0 Å². The zero-order valence-electron chi connectivity index (χ0n) is 16.8. The minimum atomic E-state index is -0.294. The van der Waals surface area contributed by atoms with E-state index in [1.165, 1.54) is 17.4 Å². The lowest BCUT2D eigenvalue weighted by Gasteiger charge is -2.43. The van der Waals surface area contributed by atoms with E-state index < -0.39 is 0 Å². The van der Waals surface area contributed by atoms with E-state index in [9.17, 15) is 9.18 Å². The van der Waals surface area contributed by atoms with E-state index in [0.717, 1.165) is 47.4 Å². The van der Waals surface area contributed by atoms with Gasteiger partial charge in [-0.25, -0.2) is 9.37 Å². The van der Waals surface area contributed by atoms with Gasteiger partial charge >= 0.3 is 0 Å². The molecule has 0 unspecified atom stereocenters. The molecule has 5 rings (SSSR count). The van der Waals surface area contributed by atoms with Gasteiger partial charge in [-0.15, -0.1) is 0 Å². The molecule has 0 saturated carbocycles. The van der Waals surface area contributed by atoms with Crippen LogP contribution in [0, 0.1) is 11.7 Å². The van der Waals surface area contributed by atoms with Crippen molar-refractivity contribution in [3.8, 4) is 5.75 Å². The van der Waals surface area contributed by atoms with E-state index >= 15 is 0 Å². The Kier molecular flexibility index (Phi) is 4.94. The average molecular weight is 427 g/mol. The fourth-order valence-electron chi connectivity index (χ4n) is 4.08. The largest absolute Gasteiger partial charge is 0.497 e. The highest BCUT2D eigenvalue weighted by Crippen LogP contribution is 2.34. The number of carbonyl (C=O) groups excluding carboxylic acids is 1. The minimum Gasteiger partial charge on any atom is -0.497 e. The molecule has 1 aromatic heterocycles. The number of para-hydroxylation sites is 1. The predicted molar refractivity (Wildman–Crippen MR) is 117 cm³/mol. The number of benzene rings is 2. The normalized spacial score (nSPS) is 17.3. The Morgan fingerprint density at radius 1 is 1.10 bits per heavy atom. The van der Waals surface area contributed by atoms with Crippen molar-refractivity contribution in [3.05, 3.63) is 48.3 Å². The van der Waals surface area contributed by atoms with Gasteiger partial charge in [0.15, 0.2) is 5.13 Å². The van der Waals surface area contributed by atoms with Gasteiger partial charge in [0.2, 0.25) is 5.91 Å². The summed E-state index contributed by atoms with van der Waals surface area (Å²) < 4.78 is 20.0.